The van der Waals surface area contributed by atoms with E-state index in [0.717, 1.165) is 6.42 Å². The Kier molecular flexibility index (Phi) is 3.23. The first-order valence-corrected chi connectivity index (χ1v) is 5.48. The molecule has 0 radical (unpaired) electrons. The molecule has 1 heterocycles. The van der Waals surface area contributed by atoms with E-state index in [4.69, 9.17) is 4.74 Å². The van der Waals surface area contributed by atoms with E-state index >= 15 is 0 Å². The maximum absolute atomic E-state index is 11.3. The molecular formula is C13H13NO3. The summed E-state index contributed by atoms with van der Waals surface area (Å²) >= 11 is 0. The third kappa shape index (κ3) is 2.20. The number of hydrogen-bond acceptors (Lipinski definition) is 3. The lowest BCUT2D eigenvalue weighted by atomic mass is 10.1. The van der Waals surface area contributed by atoms with Gasteiger partial charge in [-0.3, -0.25) is 4.98 Å². The molecule has 88 valence electrons. The Balaban J connectivity index is 2.60. The van der Waals surface area contributed by atoms with Crippen LogP contribution >= 0.6 is 0 Å². The highest BCUT2D eigenvalue weighted by atomic mass is 16.5. The van der Waals surface area contributed by atoms with Gasteiger partial charge in [-0.15, -0.1) is 0 Å². The van der Waals surface area contributed by atoms with Crippen LogP contribution in [0.2, 0.25) is 0 Å². The molecule has 4 heteroatoms. The molecule has 4 nitrogen and oxygen atoms in total. The van der Waals surface area contributed by atoms with Crippen LogP contribution in [0.4, 0.5) is 0 Å². The van der Waals surface area contributed by atoms with Crippen molar-refractivity contribution < 1.29 is 14.6 Å². The van der Waals surface area contributed by atoms with Crippen molar-refractivity contribution in [1.29, 1.82) is 0 Å². The number of para-hydroxylation sites is 1. The summed E-state index contributed by atoms with van der Waals surface area (Å²) in [6, 6.07) is 7.14. The van der Waals surface area contributed by atoms with Crippen molar-refractivity contribution in [3.05, 3.63) is 36.0 Å². The fourth-order valence-corrected chi connectivity index (χ4v) is 1.67. The number of carbonyl (C=O) groups is 1. The zero-order valence-electron chi connectivity index (χ0n) is 9.51. The lowest BCUT2D eigenvalue weighted by Crippen LogP contribution is -2.05. The Hall–Kier alpha value is -2.10. The van der Waals surface area contributed by atoms with Crippen molar-refractivity contribution in [3.8, 4) is 5.75 Å². The molecule has 0 aliphatic rings. The van der Waals surface area contributed by atoms with E-state index < -0.39 is 5.97 Å². The van der Waals surface area contributed by atoms with E-state index in [0.29, 0.717) is 23.3 Å². The molecule has 2 aromatic rings. The number of pyridine rings is 1. The molecule has 1 N–H and O–H groups in total. The Morgan fingerprint density at radius 1 is 1.41 bits per heavy atom. The van der Waals surface area contributed by atoms with Crippen LogP contribution in [-0.2, 0) is 0 Å². The van der Waals surface area contributed by atoms with E-state index in [1.165, 1.54) is 6.20 Å². The summed E-state index contributed by atoms with van der Waals surface area (Å²) in [5, 5.41) is 9.86. The SMILES string of the molecule is CCCOc1cnc2ccccc2c1C(=O)O. The van der Waals surface area contributed by atoms with Gasteiger partial charge in [-0.2, -0.15) is 0 Å². The fraction of sp³-hybridized carbons (Fsp3) is 0.231. The predicted octanol–water partition coefficient (Wildman–Crippen LogP) is 2.72. The minimum atomic E-state index is -0.991. The highest BCUT2D eigenvalue weighted by molar-refractivity contribution is 6.04. The number of rotatable bonds is 4. The molecule has 0 bridgehead atoms. The summed E-state index contributed by atoms with van der Waals surface area (Å²) in [7, 11) is 0. The summed E-state index contributed by atoms with van der Waals surface area (Å²) in [6.07, 6.45) is 2.30. The van der Waals surface area contributed by atoms with Crippen molar-refractivity contribution in [3.63, 3.8) is 0 Å². The standard InChI is InChI=1S/C13H13NO3/c1-2-7-17-11-8-14-10-6-4-3-5-9(10)12(11)13(15)16/h3-6,8H,2,7H2,1H3,(H,15,16). The average Bonchev–Trinajstić information content (AvgIpc) is 2.35. The summed E-state index contributed by atoms with van der Waals surface area (Å²) in [5.74, 6) is -0.659. The van der Waals surface area contributed by atoms with Crippen LogP contribution < -0.4 is 4.74 Å². The maximum atomic E-state index is 11.3. The number of fused-ring (bicyclic) bond motifs is 1. The first-order chi connectivity index (χ1) is 8.24. The zero-order chi connectivity index (χ0) is 12.3. The quantitative estimate of drug-likeness (QED) is 0.878. The molecule has 17 heavy (non-hydrogen) atoms. The van der Waals surface area contributed by atoms with Gasteiger partial charge >= 0.3 is 5.97 Å². The van der Waals surface area contributed by atoms with Crippen molar-refractivity contribution in [2.45, 2.75) is 13.3 Å². The van der Waals surface area contributed by atoms with Gasteiger partial charge in [0.1, 0.15) is 5.56 Å². The van der Waals surface area contributed by atoms with E-state index in [1.54, 1.807) is 18.2 Å². The van der Waals surface area contributed by atoms with Crippen LogP contribution in [-0.4, -0.2) is 22.7 Å². The van der Waals surface area contributed by atoms with Crippen LogP contribution in [0, 0.1) is 0 Å². The van der Waals surface area contributed by atoms with Gasteiger partial charge < -0.3 is 9.84 Å². The highest BCUT2D eigenvalue weighted by Crippen LogP contribution is 2.26. The fourth-order valence-electron chi connectivity index (χ4n) is 1.67. The number of benzene rings is 1. The van der Waals surface area contributed by atoms with Gasteiger partial charge in [-0.05, 0) is 12.5 Å². The van der Waals surface area contributed by atoms with Gasteiger partial charge in [0.05, 0.1) is 18.3 Å². The summed E-state index contributed by atoms with van der Waals surface area (Å²) in [4.78, 5) is 15.5. The minimum Gasteiger partial charge on any atom is -0.491 e. The lowest BCUT2D eigenvalue weighted by molar-refractivity contribution is 0.0694. The van der Waals surface area contributed by atoms with Crippen molar-refractivity contribution in [2.24, 2.45) is 0 Å². The molecule has 0 fully saturated rings. The largest absolute Gasteiger partial charge is 0.491 e. The second-order valence-electron chi connectivity index (χ2n) is 3.67. The number of aromatic nitrogens is 1. The highest BCUT2D eigenvalue weighted by Gasteiger charge is 2.16. The van der Waals surface area contributed by atoms with Gasteiger partial charge in [0, 0.05) is 5.39 Å². The van der Waals surface area contributed by atoms with Crippen LogP contribution in [0.5, 0.6) is 5.75 Å². The zero-order valence-corrected chi connectivity index (χ0v) is 9.51. The van der Waals surface area contributed by atoms with E-state index in [2.05, 4.69) is 4.98 Å². The first kappa shape index (κ1) is 11.4. The number of ether oxygens (including phenoxy) is 1. The first-order valence-electron chi connectivity index (χ1n) is 5.48. The number of nitrogens with zero attached hydrogens (tertiary/aromatic N) is 1. The predicted molar refractivity (Wildman–Crippen MR) is 64.5 cm³/mol. The van der Waals surface area contributed by atoms with Crippen molar-refractivity contribution in [1.82, 2.24) is 4.98 Å². The van der Waals surface area contributed by atoms with Crippen molar-refractivity contribution in [2.75, 3.05) is 6.61 Å². The second-order valence-corrected chi connectivity index (χ2v) is 3.67. The molecule has 0 saturated carbocycles. The van der Waals surface area contributed by atoms with Gasteiger partial charge in [-0.1, -0.05) is 25.1 Å². The molecule has 0 spiro atoms. The molecule has 0 atom stereocenters. The molecule has 0 aliphatic heterocycles. The maximum Gasteiger partial charge on any atom is 0.340 e. The van der Waals surface area contributed by atoms with E-state index in [-0.39, 0.29) is 5.56 Å². The Labute approximate surface area is 98.9 Å². The molecule has 0 saturated heterocycles. The summed E-state index contributed by atoms with van der Waals surface area (Å²) in [5.41, 5.74) is 0.845. The van der Waals surface area contributed by atoms with Crippen LogP contribution in [0.25, 0.3) is 10.9 Å². The van der Waals surface area contributed by atoms with Gasteiger partial charge in [0.15, 0.2) is 5.75 Å². The average molecular weight is 231 g/mol. The molecule has 0 aliphatic carbocycles. The third-order valence-corrected chi connectivity index (χ3v) is 2.42. The van der Waals surface area contributed by atoms with Gasteiger partial charge in [0.25, 0.3) is 0 Å². The van der Waals surface area contributed by atoms with Crippen molar-refractivity contribution >= 4 is 16.9 Å². The summed E-state index contributed by atoms with van der Waals surface area (Å²) in [6.45, 7) is 2.45. The van der Waals surface area contributed by atoms with Crippen LogP contribution in [0.15, 0.2) is 30.5 Å². The normalized spacial score (nSPS) is 10.4. The van der Waals surface area contributed by atoms with Crippen LogP contribution in [0.3, 0.4) is 0 Å². The number of carboxylic acids is 1. The van der Waals surface area contributed by atoms with Gasteiger partial charge in [-0.25, -0.2) is 4.79 Å². The Bertz CT molecular complexity index is 551. The minimum absolute atomic E-state index is 0.184. The van der Waals surface area contributed by atoms with E-state index in [9.17, 15) is 9.90 Å². The lowest BCUT2D eigenvalue weighted by Gasteiger charge is -2.09. The topological polar surface area (TPSA) is 59.4 Å². The third-order valence-electron chi connectivity index (χ3n) is 2.42. The molecule has 0 unspecified atom stereocenters. The monoisotopic (exact) mass is 231 g/mol. The Morgan fingerprint density at radius 3 is 2.88 bits per heavy atom. The number of carboxylic acid groups (broad SMARTS) is 1. The molecule has 0 amide bonds. The molecule has 1 aromatic heterocycles. The molecule has 2 rings (SSSR count). The Morgan fingerprint density at radius 2 is 2.18 bits per heavy atom. The summed E-state index contributed by atoms with van der Waals surface area (Å²) < 4.78 is 5.41. The molecular weight excluding hydrogens is 218 g/mol. The smallest absolute Gasteiger partial charge is 0.340 e. The second kappa shape index (κ2) is 4.82. The number of hydrogen-bond donors (Lipinski definition) is 1. The van der Waals surface area contributed by atoms with Gasteiger partial charge in [0.2, 0.25) is 0 Å². The number of aromatic carboxylic acids is 1. The molecule has 1 aromatic carbocycles. The van der Waals surface area contributed by atoms with Crippen LogP contribution in [0.1, 0.15) is 23.7 Å². The van der Waals surface area contributed by atoms with E-state index in [1.807, 2.05) is 13.0 Å².